The largest absolute Gasteiger partial charge is 0.484 e. The van der Waals surface area contributed by atoms with Crippen molar-refractivity contribution < 1.29 is 19.1 Å². The molecule has 0 fully saturated rings. The van der Waals surface area contributed by atoms with Crippen LogP contribution in [0.15, 0.2) is 48.2 Å². The van der Waals surface area contributed by atoms with Crippen LogP contribution in [0, 0.1) is 17.2 Å². The third-order valence-corrected chi connectivity index (χ3v) is 5.62. The molecule has 0 bridgehead atoms. The second-order valence-corrected chi connectivity index (χ2v) is 7.61. The number of ketones is 2. The van der Waals surface area contributed by atoms with E-state index in [9.17, 15) is 14.4 Å². The second-order valence-electron chi connectivity index (χ2n) is 7.61. The molecular weight excluding hydrogens is 396 g/mol. The van der Waals surface area contributed by atoms with E-state index in [4.69, 9.17) is 15.9 Å². The molecule has 8 nitrogen and oxygen atoms in total. The molecule has 1 amide bonds. The number of Topliss-reactive ketones (excluding diaryl/α,β-unsaturated/α-hetero) is 2. The lowest BCUT2D eigenvalue weighted by Gasteiger charge is -2.22. The van der Waals surface area contributed by atoms with Crippen molar-refractivity contribution in [3.05, 3.63) is 53.8 Å². The van der Waals surface area contributed by atoms with E-state index in [2.05, 4.69) is 0 Å². The van der Waals surface area contributed by atoms with Crippen molar-refractivity contribution in [2.75, 3.05) is 32.8 Å². The monoisotopic (exact) mass is 424 g/mol. The van der Waals surface area contributed by atoms with Crippen molar-refractivity contribution in [1.82, 2.24) is 9.80 Å². The summed E-state index contributed by atoms with van der Waals surface area (Å²) in [5, 5.41) is 7.54. The Morgan fingerprint density at radius 3 is 2.52 bits per heavy atom. The van der Waals surface area contributed by atoms with E-state index in [1.165, 1.54) is 0 Å². The van der Waals surface area contributed by atoms with Crippen LogP contribution in [0.5, 0.6) is 5.75 Å². The Bertz CT molecular complexity index is 931. The van der Waals surface area contributed by atoms with Crippen molar-refractivity contribution in [3.8, 4) is 5.75 Å². The molecule has 0 saturated heterocycles. The number of fused-ring (bicyclic) bond motifs is 1. The van der Waals surface area contributed by atoms with E-state index in [1.54, 1.807) is 35.2 Å². The average Bonchev–Trinajstić information content (AvgIpc) is 3.17. The highest BCUT2D eigenvalue weighted by atomic mass is 16.5. The van der Waals surface area contributed by atoms with Gasteiger partial charge >= 0.3 is 0 Å². The van der Waals surface area contributed by atoms with E-state index in [0.717, 1.165) is 5.57 Å². The van der Waals surface area contributed by atoms with Gasteiger partial charge in [0.2, 0.25) is 0 Å². The summed E-state index contributed by atoms with van der Waals surface area (Å²) in [5.74, 6) is -0.930. The van der Waals surface area contributed by atoms with E-state index in [0.29, 0.717) is 30.9 Å². The van der Waals surface area contributed by atoms with Gasteiger partial charge in [0.15, 0.2) is 18.2 Å². The quantitative estimate of drug-likeness (QED) is 0.353. The van der Waals surface area contributed by atoms with Crippen LogP contribution < -0.4 is 10.5 Å². The highest BCUT2D eigenvalue weighted by molar-refractivity contribution is 6.07. The Morgan fingerprint density at radius 1 is 1.23 bits per heavy atom. The Kier molecular flexibility index (Phi) is 6.89. The lowest BCUT2D eigenvalue weighted by molar-refractivity contribution is -0.133. The third kappa shape index (κ3) is 5.02. The van der Waals surface area contributed by atoms with Crippen LogP contribution in [0.3, 0.4) is 0 Å². The SMILES string of the molecule is CCN(CC)C(=O)COc1ccc(C(=O)CN2C=C3C=CC(C(=N)N)C(=O)C3C2)cc1. The van der Waals surface area contributed by atoms with E-state index < -0.39 is 5.92 Å². The number of ether oxygens (including phenoxy) is 1. The van der Waals surface area contributed by atoms with Gasteiger partial charge in [0.1, 0.15) is 11.6 Å². The number of likely N-dealkylation sites (N-methyl/N-ethyl adjacent to an activating group) is 1. The maximum Gasteiger partial charge on any atom is 0.260 e. The predicted molar refractivity (Wildman–Crippen MR) is 117 cm³/mol. The van der Waals surface area contributed by atoms with Crippen LogP contribution in [-0.2, 0) is 9.59 Å². The molecule has 31 heavy (non-hydrogen) atoms. The molecule has 1 aliphatic heterocycles. The molecule has 0 aromatic heterocycles. The number of amidine groups is 1. The summed E-state index contributed by atoms with van der Waals surface area (Å²) in [7, 11) is 0. The van der Waals surface area contributed by atoms with Gasteiger partial charge in [-0.25, -0.2) is 0 Å². The molecule has 3 N–H and O–H groups in total. The number of allylic oxidation sites excluding steroid dienone is 1. The van der Waals surface area contributed by atoms with E-state index in [-0.39, 0.29) is 42.4 Å². The van der Waals surface area contributed by atoms with E-state index in [1.807, 2.05) is 31.0 Å². The van der Waals surface area contributed by atoms with Gasteiger partial charge in [-0.05, 0) is 43.7 Å². The normalized spacial score (nSPS) is 19.6. The Hall–Kier alpha value is -3.42. The number of nitrogens with two attached hydrogens (primary N) is 1. The number of amides is 1. The molecule has 2 unspecified atom stereocenters. The first-order valence-electron chi connectivity index (χ1n) is 10.4. The number of hydrogen-bond acceptors (Lipinski definition) is 6. The molecule has 3 rings (SSSR count). The zero-order valence-corrected chi connectivity index (χ0v) is 17.8. The standard InChI is InChI=1S/C23H28N4O4/c1-3-27(4-2)21(29)14-31-17-8-5-15(6-9-17)20(28)13-26-11-16-7-10-18(23(24)25)22(30)19(16)12-26/h5-11,18-19H,3-4,12-14H2,1-2H3,(H3,24,25). The van der Waals surface area contributed by atoms with Crippen LogP contribution in [0.4, 0.5) is 0 Å². The van der Waals surface area contributed by atoms with Crippen LogP contribution in [0.1, 0.15) is 24.2 Å². The minimum absolute atomic E-state index is 0.0412. The summed E-state index contributed by atoms with van der Waals surface area (Å²) in [4.78, 5) is 40.7. The molecule has 2 atom stereocenters. The van der Waals surface area contributed by atoms with Crippen LogP contribution in [-0.4, -0.2) is 65.9 Å². The first-order chi connectivity index (χ1) is 14.8. The van der Waals surface area contributed by atoms with Crippen molar-refractivity contribution in [1.29, 1.82) is 5.41 Å². The summed E-state index contributed by atoms with van der Waals surface area (Å²) in [6.45, 7) is 5.62. The van der Waals surface area contributed by atoms with Crippen molar-refractivity contribution in [2.24, 2.45) is 17.6 Å². The number of nitrogens with zero attached hydrogens (tertiary/aromatic N) is 2. The van der Waals surface area contributed by atoms with E-state index >= 15 is 0 Å². The van der Waals surface area contributed by atoms with Gasteiger partial charge < -0.3 is 20.3 Å². The lowest BCUT2D eigenvalue weighted by atomic mass is 9.83. The number of hydrogen-bond donors (Lipinski definition) is 2. The zero-order valence-electron chi connectivity index (χ0n) is 17.8. The maximum atomic E-state index is 12.7. The molecule has 164 valence electrons. The number of benzene rings is 1. The second kappa shape index (κ2) is 9.59. The summed E-state index contributed by atoms with van der Waals surface area (Å²) in [6, 6.07) is 6.70. The van der Waals surface area contributed by atoms with Crippen LogP contribution in [0.2, 0.25) is 0 Å². The molecule has 0 saturated carbocycles. The first-order valence-corrected chi connectivity index (χ1v) is 10.4. The van der Waals surface area contributed by atoms with Crippen molar-refractivity contribution >= 4 is 23.3 Å². The fraction of sp³-hybridized carbons (Fsp3) is 0.391. The van der Waals surface area contributed by atoms with Gasteiger partial charge in [-0.3, -0.25) is 19.8 Å². The Morgan fingerprint density at radius 2 is 1.90 bits per heavy atom. The molecule has 0 radical (unpaired) electrons. The summed E-state index contributed by atoms with van der Waals surface area (Å²) in [5.41, 5.74) is 6.87. The van der Waals surface area contributed by atoms with Gasteiger partial charge in [0.25, 0.3) is 5.91 Å². The van der Waals surface area contributed by atoms with Gasteiger partial charge in [-0.2, -0.15) is 0 Å². The Labute approximate surface area is 181 Å². The fourth-order valence-electron chi connectivity index (χ4n) is 3.82. The van der Waals surface area contributed by atoms with Crippen molar-refractivity contribution in [3.63, 3.8) is 0 Å². The average molecular weight is 425 g/mol. The summed E-state index contributed by atoms with van der Waals surface area (Å²) >= 11 is 0. The molecule has 1 aromatic rings. The van der Waals surface area contributed by atoms with Gasteiger partial charge in [0, 0.05) is 31.4 Å². The van der Waals surface area contributed by atoms with Crippen LogP contribution >= 0.6 is 0 Å². The minimum atomic E-state index is -0.682. The molecular formula is C23H28N4O4. The Balaban J connectivity index is 1.55. The molecule has 1 aliphatic carbocycles. The number of rotatable bonds is 9. The summed E-state index contributed by atoms with van der Waals surface area (Å²) < 4.78 is 5.53. The number of carbonyl (C=O) groups excluding carboxylic acids is 3. The molecule has 1 heterocycles. The molecule has 1 aromatic carbocycles. The molecule has 2 aliphatic rings. The van der Waals surface area contributed by atoms with Gasteiger partial charge in [0.05, 0.1) is 18.4 Å². The lowest BCUT2D eigenvalue weighted by Crippen LogP contribution is -2.37. The minimum Gasteiger partial charge on any atom is -0.484 e. The first kappa shape index (κ1) is 22.3. The predicted octanol–water partition coefficient (Wildman–Crippen LogP) is 1.62. The third-order valence-electron chi connectivity index (χ3n) is 5.62. The zero-order chi connectivity index (χ0) is 22.5. The fourth-order valence-corrected chi connectivity index (χ4v) is 3.82. The topological polar surface area (TPSA) is 117 Å². The van der Waals surface area contributed by atoms with Gasteiger partial charge in [-0.15, -0.1) is 0 Å². The number of nitrogens with one attached hydrogen (secondary N) is 1. The highest BCUT2D eigenvalue weighted by Crippen LogP contribution is 2.31. The van der Waals surface area contributed by atoms with Gasteiger partial charge in [-0.1, -0.05) is 12.2 Å². The molecule has 0 spiro atoms. The van der Waals surface area contributed by atoms with Crippen molar-refractivity contribution in [2.45, 2.75) is 13.8 Å². The maximum absolute atomic E-state index is 12.7. The molecule has 8 heteroatoms. The smallest absolute Gasteiger partial charge is 0.260 e. The summed E-state index contributed by atoms with van der Waals surface area (Å²) in [6.07, 6.45) is 5.28. The van der Waals surface area contributed by atoms with Crippen LogP contribution in [0.25, 0.3) is 0 Å². The number of carbonyl (C=O) groups is 3. The highest BCUT2D eigenvalue weighted by Gasteiger charge is 2.37.